The molecule has 0 spiro atoms. The van der Waals surface area contributed by atoms with E-state index in [9.17, 15) is 5.11 Å². The molecule has 0 aliphatic heterocycles. The third-order valence-corrected chi connectivity index (χ3v) is 6.78. The first-order chi connectivity index (χ1) is 16.5. The number of para-hydroxylation sites is 1. The average Bonchev–Trinajstić information content (AvgIpc) is 2.87. The molecule has 2 unspecified atom stereocenters. The molecular weight excluding hydrogens is 416 g/mol. The molecule has 3 nitrogen and oxygen atoms in total. The van der Waals surface area contributed by atoms with Crippen LogP contribution in [0, 0.1) is 0 Å². The Kier molecular flexibility index (Phi) is 7.77. The summed E-state index contributed by atoms with van der Waals surface area (Å²) in [6, 6.07) is 31.2. The minimum absolute atomic E-state index is 0.220. The third kappa shape index (κ3) is 5.22. The maximum Gasteiger partial charge on any atom is 0.101 e. The maximum atomic E-state index is 12.7. The summed E-state index contributed by atoms with van der Waals surface area (Å²) in [7, 11) is 4.20. The number of rotatable bonds is 10. The lowest BCUT2D eigenvalue weighted by molar-refractivity contribution is 0.00720. The van der Waals surface area contributed by atoms with Gasteiger partial charge >= 0.3 is 0 Å². The second-order valence-electron chi connectivity index (χ2n) is 9.46. The number of aryl methyl sites for hydroxylation is 1. The Hall–Kier alpha value is -3.01. The molecule has 0 amide bonds. The Balaban J connectivity index is 1.90. The molecule has 4 aromatic rings. The molecule has 1 N–H and O–H groups in total. The summed E-state index contributed by atoms with van der Waals surface area (Å²) in [4.78, 5) is 7.26. The number of nitrogens with zero attached hydrogens (tertiary/aromatic N) is 2. The second-order valence-corrected chi connectivity index (χ2v) is 9.46. The van der Waals surface area contributed by atoms with Crippen LogP contribution < -0.4 is 0 Å². The van der Waals surface area contributed by atoms with E-state index in [1.165, 1.54) is 0 Å². The van der Waals surface area contributed by atoms with Crippen molar-refractivity contribution in [3.63, 3.8) is 0 Å². The standard InChI is InChI=1S/C31H36N2O/c1-4-28-27(23-25-17-11-12-20-29(25)32-28)30(24-15-7-5-8-16-24)31(34,21-13-14-22-33(2)3)26-18-9-6-10-19-26/h5-12,15-20,23,30,34H,4,13-14,21-22H2,1-3H3. The van der Waals surface area contributed by atoms with Crippen molar-refractivity contribution >= 4 is 10.9 Å². The van der Waals surface area contributed by atoms with Gasteiger partial charge in [-0.1, -0.05) is 85.8 Å². The van der Waals surface area contributed by atoms with Gasteiger partial charge in [-0.15, -0.1) is 0 Å². The zero-order valence-corrected chi connectivity index (χ0v) is 20.6. The normalized spacial score (nSPS) is 14.3. The van der Waals surface area contributed by atoms with E-state index in [2.05, 4.69) is 86.6 Å². The van der Waals surface area contributed by atoms with Gasteiger partial charge in [-0.25, -0.2) is 0 Å². The quantitative estimate of drug-likeness (QED) is 0.277. The molecule has 2 atom stereocenters. The zero-order chi connectivity index (χ0) is 24.0. The highest BCUT2D eigenvalue weighted by molar-refractivity contribution is 5.80. The molecule has 34 heavy (non-hydrogen) atoms. The first-order valence-corrected chi connectivity index (χ1v) is 12.4. The lowest BCUT2D eigenvalue weighted by atomic mass is 9.70. The summed E-state index contributed by atoms with van der Waals surface area (Å²) in [6.07, 6.45) is 3.48. The summed E-state index contributed by atoms with van der Waals surface area (Å²) in [6.45, 7) is 3.17. The van der Waals surface area contributed by atoms with Crippen molar-refractivity contribution < 1.29 is 5.11 Å². The van der Waals surface area contributed by atoms with Crippen LogP contribution >= 0.6 is 0 Å². The predicted molar refractivity (Wildman–Crippen MR) is 142 cm³/mol. The molecule has 1 heterocycles. The van der Waals surface area contributed by atoms with Crippen LogP contribution in [-0.2, 0) is 12.0 Å². The highest BCUT2D eigenvalue weighted by Gasteiger charge is 2.41. The van der Waals surface area contributed by atoms with Crippen molar-refractivity contribution in [3.8, 4) is 0 Å². The van der Waals surface area contributed by atoms with Crippen LogP contribution in [0.15, 0.2) is 91.0 Å². The molecule has 3 aromatic carbocycles. The first-order valence-electron chi connectivity index (χ1n) is 12.4. The van der Waals surface area contributed by atoms with Gasteiger partial charge in [-0.2, -0.15) is 0 Å². The Labute approximate surface area is 204 Å². The van der Waals surface area contributed by atoms with Crippen molar-refractivity contribution in [2.75, 3.05) is 20.6 Å². The average molecular weight is 453 g/mol. The van der Waals surface area contributed by atoms with E-state index in [0.29, 0.717) is 6.42 Å². The van der Waals surface area contributed by atoms with E-state index in [1.807, 2.05) is 30.3 Å². The van der Waals surface area contributed by atoms with Crippen LogP contribution in [0.5, 0.6) is 0 Å². The summed E-state index contributed by atoms with van der Waals surface area (Å²) in [5.74, 6) is -0.220. The lowest BCUT2D eigenvalue weighted by Crippen LogP contribution is -2.35. The van der Waals surface area contributed by atoms with Crippen LogP contribution in [-0.4, -0.2) is 35.6 Å². The van der Waals surface area contributed by atoms with Crippen molar-refractivity contribution in [2.24, 2.45) is 0 Å². The summed E-state index contributed by atoms with van der Waals surface area (Å²) < 4.78 is 0. The molecule has 0 bridgehead atoms. The van der Waals surface area contributed by atoms with Gasteiger partial charge in [0.15, 0.2) is 0 Å². The SMILES string of the molecule is CCc1nc2ccccc2cc1C(c1ccccc1)C(O)(CCCCN(C)C)c1ccccc1. The van der Waals surface area contributed by atoms with Crippen LogP contribution in [0.4, 0.5) is 0 Å². The summed E-state index contributed by atoms with van der Waals surface area (Å²) in [5, 5.41) is 13.8. The molecular formula is C31H36N2O. The van der Waals surface area contributed by atoms with Crippen molar-refractivity contribution in [3.05, 3.63) is 113 Å². The molecule has 0 aliphatic rings. The Bertz CT molecular complexity index is 1190. The molecule has 0 radical (unpaired) electrons. The number of hydrogen-bond acceptors (Lipinski definition) is 3. The van der Waals surface area contributed by atoms with E-state index < -0.39 is 5.60 Å². The van der Waals surface area contributed by atoms with Gasteiger partial charge in [0.2, 0.25) is 0 Å². The molecule has 0 aliphatic carbocycles. The molecule has 0 saturated carbocycles. The van der Waals surface area contributed by atoms with Crippen LogP contribution in [0.3, 0.4) is 0 Å². The van der Waals surface area contributed by atoms with E-state index >= 15 is 0 Å². The van der Waals surface area contributed by atoms with E-state index in [4.69, 9.17) is 4.98 Å². The van der Waals surface area contributed by atoms with Gasteiger partial charge in [0.25, 0.3) is 0 Å². The van der Waals surface area contributed by atoms with Crippen LogP contribution in [0.1, 0.15) is 54.5 Å². The van der Waals surface area contributed by atoms with E-state index in [-0.39, 0.29) is 5.92 Å². The second kappa shape index (κ2) is 10.9. The molecule has 1 aromatic heterocycles. The van der Waals surface area contributed by atoms with Crippen LogP contribution in [0.2, 0.25) is 0 Å². The zero-order valence-electron chi connectivity index (χ0n) is 20.6. The Morgan fingerprint density at radius 3 is 2.18 bits per heavy atom. The van der Waals surface area contributed by atoms with Crippen molar-refractivity contribution in [1.82, 2.24) is 9.88 Å². The smallest absolute Gasteiger partial charge is 0.101 e. The van der Waals surface area contributed by atoms with Crippen molar-refractivity contribution in [1.29, 1.82) is 0 Å². The fraction of sp³-hybridized carbons (Fsp3) is 0.323. The number of aromatic nitrogens is 1. The van der Waals surface area contributed by atoms with E-state index in [1.54, 1.807) is 0 Å². The van der Waals surface area contributed by atoms with E-state index in [0.717, 1.165) is 59.1 Å². The number of hydrogen-bond donors (Lipinski definition) is 1. The van der Waals surface area contributed by atoms with Gasteiger partial charge in [0, 0.05) is 17.0 Å². The monoisotopic (exact) mass is 452 g/mol. The minimum Gasteiger partial charge on any atom is -0.384 e. The Morgan fingerprint density at radius 2 is 1.50 bits per heavy atom. The van der Waals surface area contributed by atoms with Gasteiger partial charge in [0.1, 0.15) is 5.60 Å². The summed E-state index contributed by atoms with van der Waals surface area (Å²) in [5.41, 5.74) is 4.20. The fourth-order valence-electron chi connectivity index (χ4n) is 5.07. The molecule has 0 saturated heterocycles. The van der Waals surface area contributed by atoms with Gasteiger partial charge in [-0.05, 0) is 75.1 Å². The third-order valence-electron chi connectivity index (χ3n) is 6.78. The molecule has 0 fully saturated rings. The largest absolute Gasteiger partial charge is 0.384 e. The van der Waals surface area contributed by atoms with Gasteiger partial charge in [0.05, 0.1) is 5.52 Å². The fourth-order valence-corrected chi connectivity index (χ4v) is 5.07. The molecule has 176 valence electrons. The first kappa shape index (κ1) is 24.1. The number of unbranched alkanes of at least 4 members (excludes halogenated alkanes) is 1. The predicted octanol–water partition coefficient (Wildman–Crippen LogP) is 6.55. The van der Waals surface area contributed by atoms with Gasteiger partial charge < -0.3 is 10.0 Å². The molecule has 4 rings (SSSR count). The topological polar surface area (TPSA) is 36.4 Å². The maximum absolute atomic E-state index is 12.7. The number of fused-ring (bicyclic) bond motifs is 1. The van der Waals surface area contributed by atoms with Crippen LogP contribution in [0.25, 0.3) is 10.9 Å². The number of aliphatic hydroxyl groups is 1. The highest BCUT2D eigenvalue weighted by Crippen LogP contribution is 2.46. The number of pyridine rings is 1. The summed E-state index contributed by atoms with van der Waals surface area (Å²) >= 11 is 0. The minimum atomic E-state index is -1.05. The van der Waals surface area contributed by atoms with Crippen molar-refractivity contribution in [2.45, 2.75) is 44.1 Å². The molecule has 3 heteroatoms. The number of benzene rings is 3. The highest BCUT2D eigenvalue weighted by atomic mass is 16.3. The van der Waals surface area contributed by atoms with Gasteiger partial charge in [-0.3, -0.25) is 4.98 Å². The lowest BCUT2D eigenvalue weighted by Gasteiger charge is -2.39. The Morgan fingerprint density at radius 1 is 0.853 bits per heavy atom.